The number of halogens is 1. The Labute approximate surface area is 115 Å². The molecule has 0 saturated heterocycles. The van der Waals surface area contributed by atoms with E-state index in [1.54, 1.807) is 0 Å². The zero-order chi connectivity index (χ0) is 14.9. The fraction of sp³-hybridized carbons (Fsp3) is 0.500. The highest BCUT2D eigenvalue weighted by Crippen LogP contribution is 2.46. The third kappa shape index (κ3) is 2.15. The van der Waals surface area contributed by atoms with Crippen molar-refractivity contribution in [1.29, 1.82) is 0 Å². The fourth-order valence-electron chi connectivity index (χ4n) is 2.76. The Morgan fingerprint density at radius 3 is 2.60 bits per heavy atom. The molecule has 1 aliphatic rings. The van der Waals surface area contributed by atoms with E-state index in [1.807, 2.05) is 13.8 Å². The lowest BCUT2D eigenvalue weighted by Crippen LogP contribution is -2.56. The van der Waals surface area contributed by atoms with Crippen molar-refractivity contribution in [2.24, 2.45) is 5.41 Å². The van der Waals surface area contributed by atoms with E-state index in [2.05, 4.69) is 0 Å². The van der Waals surface area contributed by atoms with E-state index in [0.29, 0.717) is 12.8 Å². The fourth-order valence-corrected chi connectivity index (χ4v) is 2.76. The summed E-state index contributed by atoms with van der Waals surface area (Å²) in [4.78, 5) is 22.1. The smallest absolute Gasteiger partial charge is 0.311 e. The zero-order valence-corrected chi connectivity index (χ0v) is 11.4. The molecule has 1 atom stereocenters. The van der Waals surface area contributed by atoms with Crippen LogP contribution in [0, 0.1) is 21.3 Å². The number of hydrogen-bond acceptors (Lipinski definition) is 4. The Balaban J connectivity index is 2.29. The van der Waals surface area contributed by atoms with E-state index >= 15 is 0 Å². The average Bonchev–Trinajstić information content (AvgIpc) is 2.39. The minimum atomic E-state index is -0.616. The molecule has 1 fully saturated rings. The lowest BCUT2D eigenvalue weighted by atomic mass is 9.61. The number of nitro benzene ring substituents is 1. The first-order chi connectivity index (χ1) is 9.44. The highest BCUT2D eigenvalue weighted by Gasteiger charge is 2.54. The Bertz CT molecular complexity index is 554. The molecule has 0 heterocycles. The molecule has 1 aromatic rings. The molecule has 1 aromatic carbocycles. The number of hydrogen-bond donors (Lipinski definition) is 0. The molecular weight excluding hydrogens is 265 g/mol. The number of nitrogens with zero attached hydrogens (tertiary/aromatic N) is 1. The molecule has 108 valence electrons. The van der Waals surface area contributed by atoms with E-state index in [1.165, 1.54) is 0 Å². The van der Waals surface area contributed by atoms with Gasteiger partial charge in [-0.1, -0.05) is 13.8 Å². The number of ether oxygens (including phenoxy) is 1. The van der Waals surface area contributed by atoms with Crippen LogP contribution in [0.1, 0.15) is 33.1 Å². The first kappa shape index (κ1) is 14.4. The summed E-state index contributed by atoms with van der Waals surface area (Å²) in [6.45, 7) is 3.77. The topological polar surface area (TPSA) is 69.4 Å². The van der Waals surface area contributed by atoms with Gasteiger partial charge in [0.25, 0.3) is 0 Å². The van der Waals surface area contributed by atoms with E-state index in [9.17, 15) is 19.3 Å². The van der Waals surface area contributed by atoms with Crippen LogP contribution >= 0.6 is 0 Å². The van der Waals surface area contributed by atoms with Gasteiger partial charge >= 0.3 is 5.69 Å². The maximum Gasteiger partial charge on any atom is 0.311 e. The van der Waals surface area contributed by atoms with Gasteiger partial charge in [-0.3, -0.25) is 14.9 Å². The Kier molecular flexibility index (Phi) is 3.74. The maximum atomic E-state index is 13.2. The molecule has 6 heteroatoms. The first-order valence-corrected chi connectivity index (χ1v) is 6.58. The number of rotatable bonds is 5. The predicted octanol–water partition coefficient (Wildman–Crippen LogP) is 3.26. The standard InChI is InChI=1S/C14H16FNO4/c1-3-14(4-2)12(17)8-13(14)20-11-7-9(15)5-6-10(11)16(18)19/h5-7,13H,3-4,8H2,1-2H3. The maximum absolute atomic E-state index is 13.2. The highest BCUT2D eigenvalue weighted by atomic mass is 19.1. The van der Waals surface area contributed by atoms with Crippen molar-refractivity contribution in [3.63, 3.8) is 0 Å². The number of ketones is 1. The van der Waals surface area contributed by atoms with Gasteiger partial charge in [0.15, 0.2) is 5.75 Å². The summed E-state index contributed by atoms with van der Waals surface area (Å²) in [6.07, 6.45) is 1.01. The summed E-state index contributed by atoms with van der Waals surface area (Å²) in [5.41, 5.74) is -0.882. The second-order valence-electron chi connectivity index (χ2n) is 4.97. The zero-order valence-electron chi connectivity index (χ0n) is 11.4. The van der Waals surface area contributed by atoms with Gasteiger partial charge < -0.3 is 4.74 Å². The normalized spacial score (nSPS) is 20.4. The minimum absolute atomic E-state index is 0.103. The summed E-state index contributed by atoms with van der Waals surface area (Å²) in [5.74, 6) is -0.611. The van der Waals surface area contributed by atoms with Gasteiger partial charge in [-0.15, -0.1) is 0 Å². The Hall–Kier alpha value is -1.98. The van der Waals surface area contributed by atoms with Crippen molar-refractivity contribution in [3.05, 3.63) is 34.1 Å². The van der Waals surface area contributed by atoms with Crippen LogP contribution in [0.2, 0.25) is 0 Å². The lowest BCUT2D eigenvalue weighted by Gasteiger charge is -2.46. The number of Topliss-reactive ketones (excluding diaryl/α,β-unsaturated/α-hetero) is 1. The molecule has 20 heavy (non-hydrogen) atoms. The van der Waals surface area contributed by atoms with Gasteiger partial charge in [0.05, 0.1) is 10.3 Å². The second-order valence-corrected chi connectivity index (χ2v) is 4.97. The molecule has 0 radical (unpaired) electrons. The molecule has 1 unspecified atom stereocenters. The van der Waals surface area contributed by atoms with Crippen LogP contribution in [0.5, 0.6) is 5.75 Å². The van der Waals surface area contributed by atoms with Gasteiger partial charge in [0, 0.05) is 18.6 Å². The number of carbonyl (C=O) groups is 1. The number of carbonyl (C=O) groups excluding carboxylic acids is 1. The van der Waals surface area contributed by atoms with Crippen LogP contribution in [0.15, 0.2) is 18.2 Å². The third-order valence-electron chi connectivity index (χ3n) is 4.19. The number of nitro groups is 1. The van der Waals surface area contributed by atoms with Crippen molar-refractivity contribution in [3.8, 4) is 5.75 Å². The summed E-state index contributed by atoms with van der Waals surface area (Å²) >= 11 is 0. The second kappa shape index (κ2) is 5.19. The molecule has 2 rings (SSSR count). The Morgan fingerprint density at radius 1 is 1.45 bits per heavy atom. The van der Waals surface area contributed by atoms with Crippen LogP contribution in [0.25, 0.3) is 0 Å². The van der Waals surface area contributed by atoms with Crippen molar-refractivity contribution in [2.75, 3.05) is 0 Å². The highest BCUT2D eigenvalue weighted by molar-refractivity contribution is 5.92. The quantitative estimate of drug-likeness (QED) is 0.613. The lowest BCUT2D eigenvalue weighted by molar-refractivity contribution is -0.386. The van der Waals surface area contributed by atoms with Crippen molar-refractivity contribution in [1.82, 2.24) is 0 Å². The molecule has 0 spiro atoms. The number of benzene rings is 1. The largest absolute Gasteiger partial charge is 0.482 e. The molecule has 0 aliphatic heterocycles. The molecular formula is C14H16FNO4. The third-order valence-corrected chi connectivity index (χ3v) is 4.19. The molecule has 0 N–H and O–H groups in total. The molecule has 1 saturated carbocycles. The van der Waals surface area contributed by atoms with Crippen LogP contribution in [-0.4, -0.2) is 16.8 Å². The van der Waals surface area contributed by atoms with E-state index in [4.69, 9.17) is 4.74 Å². The molecule has 0 bridgehead atoms. The van der Waals surface area contributed by atoms with E-state index < -0.39 is 22.3 Å². The van der Waals surface area contributed by atoms with Crippen molar-refractivity contribution < 1.29 is 18.8 Å². The Morgan fingerprint density at radius 2 is 2.10 bits per heavy atom. The van der Waals surface area contributed by atoms with Crippen LogP contribution in [0.4, 0.5) is 10.1 Å². The van der Waals surface area contributed by atoms with Crippen molar-refractivity contribution in [2.45, 2.75) is 39.2 Å². The average molecular weight is 281 g/mol. The first-order valence-electron chi connectivity index (χ1n) is 6.58. The van der Waals surface area contributed by atoms with E-state index in [0.717, 1.165) is 18.2 Å². The monoisotopic (exact) mass is 281 g/mol. The van der Waals surface area contributed by atoms with Crippen molar-refractivity contribution >= 4 is 11.5 Å². The van der Waals surface area contributed by atoms with Gasteiger partial charge in [0.1, 0.15) is 17.7 Å². The minimum Gasteiger partial charge on any atom is -0.482 e. The molecule has 0 amide bonds. The predicted molar refractivity (Wildman–Crippen MR) is 70.1 cm³/mol. The summed E-state index contributed by atoms with van der Waals surface area (Å²) in [7, 11) is 0. The van der Waals surface area contributed by atoms with Gasteiger partial charge in [-0.05, 0) is 18.9 Å². The van der Waals surface area contributed by atoms with E-state index in [-0.39, 0.29) is 23.6 Å². The SMILES string of the molecule is CCC1(CC)C(=O)CC1Oc1cc(F)ccc1[N+](=O)[O-]. The van der Waals surface area contributed by atoms with Gasteiger partial charge in [-0.25, -0.2) is 4.39 Å². The van der Waals surface area contributed by atoms with Crippen LogP contribution in [-0.2, 0) is 4.79 Å². The molecule has 1 aliphatic carbocycles. The van der Waals surface area contributed by atoms with Crippen LogP contribution < -0.4 is 4.74 Å². The van der Waals surface area contributed by atoms with Gasteiger partial charge in [-0.2, -0.15) is 0 Å². The van der Waals surface area contributed by atoms with Gasteiger partial charge in [0.2, 0.25) is 0 Å². The molecule has 0 aromatic heterocycles. The molecule has 5 nitrogen and oxygen atoms in total. The summed E-state index contributed by atoms with van der Waals surface area (Å²) in [6, 6.07) is 3.09. The summed E-state index contributed by atoms with van der Waals surface area (Å²) in [5, 5.41) is 10.9. The summed E-state index contributed by atoms with van der Waals surface area (Å²) < 4.78 is 18.8. The van der Waals surface area contributed by atoms with Crippen LogP contribution in [0.3, 0.4) is 0 Å².